The summed E-state index contributed by atoms with van der Waals surface area (Å²) in [5.41, 5.74) is 0.693. The Kier molecular flexibility index (Phi) is 10.1. The molecule has 0 bridgehead atoms. The zero-order valence-electron chi connectivity index (χ0n) is 20.1. The Morgan fingerprint density at radius 1 is 0.886 bits per heavy atom. The SMILES string of the molecule is CC(C)(C)OC(=O)C(CC(=O)C=N)NC(=O)C(Cc1ccccc1)NC(=O)OCc1ccccc1. The molecule has 0 spiro atoms. The monoisotopic (exact) mass is 481 g/mol. The highest BCUT2D eigenvalue weighted by Crippen LogP contribution is 2.11. The van der Waals surface area contributed by atoms with Crippen molar-refractivity contribution in [3.63, 3.8) is 0 Å². The lowest BCUT2D eigenvalue weighted by molar-refractivity contribution is -0.159. The van der Waals surface area contributed by atoms with E-state index in [9.17, 15) is 19.2 Å². The van der Waals surface area contributed by atoms with E-state index in [2.05, 4.69) is 10.6 Å². The maximum Gasteiger partial charge on any atom is 0.408 e. The summed E-state index contributed by atoms with van der Waals surface area (Å²) >= 11 is 0. The van der Waals surface area contributed by atoms with E-state index in [1.807, 2.05) is 24.3 Å². The molecule has 0 radical (unpaired) electrons. The van der Waals surface area contributed by atoms with Crippen LogP contribution in [0.25, 0.3) is 0 Å². The number of esters is 1. The molecule has 0 aliphatic rings. The molecule has 2 aromatic carbocycles. The lowest BCUT2D eigenvalue weighted by Gasteiger charge is -2.26. The molecule has 9 nitrogen and oxygen atoms in total. The van der Waals surface area contributed by atoms with E-state index in [1.54, 1.807) is 57.2 Å². The highest BCUT2D eigenvalue weighted by Gasteiger charge is 2.31. The Labute approximate surface area is 204 Å². The van der Waals surface area contributed by atoms with Crippen LogP contribution in [-0.4, -0.2) is 47.7 Å². The minimum absolute atomic E-state index is 0.0146. The number of hydrogen-bond acceptors (Lipinski definition) is 7. The molecule has 0 fully saturated rings. The van der Waals surface area contributed by atoms with Crippen molar-refractivity contribution in [1.29, 1.82) is 5.41 Å². The first-order valence-electron chi connectivity index (χ1n) is 11.1. The minimum Gasteiger partial charge on any atom is -0.458 e. The lowest BCUT2D eigenvalue weighted by atomic mass is 10.0. The molecule has 186 valence electrons. The molecule has 0 heterocycles. The number of alkyl carbamates (subject to hydrolysis) is 1. The lowest BCUT2D eigenvalue weighted by Crippen LogP contribution is -2.54. The molecule has 3 N–H and O–H groups in total. The van der Waals surface area contributed by atoms with Gasteiger partial charge in [-0.3, -0.25) is 9.59 Å². The third kappa shape index (κ3) is 10.2. The predicted octanol–water partition coefficient (Wildman–Crippen LogP) is 2.96. The predicted molar refractivity (Wildman–Crippen MR) is 130 cm³/mol. The number of ketones is 1. The fourth-order valence-electron chi connectivity index (χ4n) is 3.06. The molecule has 0 aliphatic heterocycles. The summed E-state index contributed by atoms with van der Waals surface area (Å²) in [7, 11) is 0. The van der Waals surface area contributed by atoms with Crippen LogP contribution in [-0.2, 0) is 36.9 Å². The Bertz CT molecular complexity index is 1020. The third-order valence-electron chi connectivity index (χ3n) is 4.68. The van der Waals surface area contributed by atoms with Crippen molar-refractivity contribution in [1.82, 2.24) is 10.6 Å². The number of Topliss-reactive ketones (excluding diaryl/α,β-unsaturated/α-hetero) is 1. The van der Waals surface area contributed by atoms with Gasteiger partial charge in [0, 0.05) is 12.8 Å². The molecule has 2 aromatic rings. The molecule has 0 saturated heterocycles. The second-order valence-corrected chi connectivity index (χ2v) is 8.86. The van der Waals surface area contributed by atoms with Gasteiger partial charge in [-0.05, 0) is 31.9 Å². The molecular weight excluding hydrogens is 450 g/mol. The van der Waals surface area contributed by atoms with E-state index in [-0.39, 0.29) is 13.0 Å². The van der Waals surface area contributed by atoms with E-state index >= 15 is 0 Å². The first-order valence-corrected chi connectivity index (χ1v) is 11.1. The van der Waals surface area contributed by atoms with Crippen molar-refractivity contribution in [2.45, 2.75) is 57.9 Å². The van der Waals surface area contributed by atoms with Crippen molar-refractivity contribution >= 4 is 30.0 Å². The zero-order valence-corrected chi connectivity index (χ0v) is 20.1. The van der Waals surface area contributed by atoms with Crippen molar-refractivity contribution < 1.29 is 28.7 Å². The van der Waals surface area contributed by atoms with Crippen molar-refractivity contribution in [2.75, 3.05) is 0 Å². The molecule has 0 saturated carbocycles. The minimum atomic E-state index is -1.32. The molecule has 0 aliphatic carbocycles. The summed E-state index contributed by atoms with van der Waals surface area (Å²) in [5.74, 6) is -2.17. The number of rotatable bonds is 11. The van der Waals surface area contributed by atoms with E-state index in [0.717, 1.165) is 11.1 Å². The maximum atomic E-state index is 13.2. The average Bonchev–Trinajstić information content (AvgIpc) is 2.82. The number of carbonyl (C=O) groups excluding carboxylic acids is 4. The van der Waals surface area contributed by atoms with Gasteiger partial charge in [0.15, 0.2) is 5.78 Å². The number of nitrogens with one attached hydrogen (secondary N) is 3. The number of benzene rings is 2. The van der Waals surface area contributed by atoms with Gasteiger partial charge in [0.25, 0.3) is 0 Å². The maximum absolute atomic E-state index is 13.2. The molecule has 35 heavy (non-hydrogen) atoms. The van der Waals surface area contributed by atoms with E-state index in [0.29, 0.717) is 6.21 Å². The fourth-order valence-corrected chi connectivity index (χ4v) is 3.06. The van der Waals surface area contributed by atoms with Crippen LogP contribution >= 0.6 is 0 Å². The van der Waals surface area contributed by atoms with E-state index < -0.39 is 47.9 Å². The summed E-state index contributed by atoms with van der Waals surface area (Å²) in [6.07, 6.45) is -0.563. The molecule has 2 atom stereocenters. The van der Waals surface area contributed by atoms with Crippen molar-refractivity contribution in [2.24, 2.45) is 0 Å². The van der Waals surface area contributed by atoms with Gasteiger partial charge in [-0.1, -0.05) is 60.7 Å². The van der Waals surface area contributed by atoms with Gasteiger partial charge in [0.2, 0.25) is 5.91 Å². The molecular formula is C26H31N3O6. The number of ether oxygens (including phenoxy) is 2. The Balaban J connectivity index is 2.16. The second kappa shape index (κ2) is 13.0. The van der Waals surface area contributed by atoms with Crippen LogP contribution in [0.15, 0.2) is 60.7 Å². The first kappa shape index (κ1) is 27.2. The van der Waals surface area contributed by atoms with Crippen LogP contribution in [0.1, 0.15) is 38.3 Å². The highest BCUT2D eigenvalue weighted by atomic mass is 16.6. The van der Waals surface area contributed by atoms with Crippen molar-refractivity contribution in [3.8, 4) is 0 Å². The second-order valence-electron chi connectivity index (χ2n) is 8.86. The molecule has 2 unspecified atom stereocenters. The van der Waals surface area contributed by atoms with Gasteiger partial charge in [0.1, 0.15) is 24.3 Å². The summed E-state index contributed by atoms with van der Waals surface area (Å²) in [5, 5.41) is 12.2. The summed E-state index contributed by atoms with van der Waals surface area (Å²) in [4.78, 5) is 50.1. The molecule has 2 amide bonds. The first-order chi connectivity index (χ1) is 16.6. The number of amides is 2. The zero-order chi connectivity index (χ0) is 25.8. The highest BCUT2D eigenvalue weighted by molar-refractivity contribution is 6.27. The van der Waals surface area contributed by atoms with Gasteiger partial charge in [0.05, 0.1) is 6.21 Å². The van der Waals surface area contributed by atoms with Gasteiger partial charge in [-0.25, -0.2) is 9.59 Å². The third-order valence-corrected chi connectivity index (χ3v) is 4.68. The fraction of sp³-hybridized carbons (Fsp3) is 0.346. The van der Waals surface area contributed by atoms with Crippen LogP contribution in [0.5, 0.6) is 0 Å². The summed E-state index contributed by atoms with van der Waals surface area (Å²) in [6.45, 7) is 4.99. The van der Waals surface area contributed by atoms with Gasteiger partial charge < -0.3 is 25.5 Å². The van der Waals surface area contributed by atoms with Gasteiger partial charge >= 0.3 is 12.1 Å². The van der Waals surface area contributed by atoms with Crippen LogP contribution < -0.4 is 10.6 Å². The van der Waals surface area contributed by atoms with Crippen LogP contribution in [0.2, 0.25) is 0 Å². The Morgan fingerprint density at radius 2 is 1.46 bits per heavy atom. The molecule has 0 aromatic heterocycles. The average molecular weight is 482 g/mol. The topological polar surface area (TPSA) is 135 Å². The van der Waals surface area contributed by atoms with Crippen LogP contribution in [0, 0.1) is 5.41 Å². The van der Waals surface area contributed by atoms with Crippen LogP contribution in [0.3, 0.4) is 0 Å². The smallest absolute Gasteiger partial charge is 0.408 e. The Hall–Kier alpha value is -4.01. The van der Waals surface area contributed by atoms with E-state index in [4.69, 9.17) is 14.9 Å². The van der Waals surface area contributed by atoms with Gasteiger partial charge in [-0.15, -0.1) is 0 Å². The quantitative estimate of drug-likeness (QED) is 0.334. The van der Waals surface area contributed by atoms with Crippen molar-refractivity contribution in [3.05, 3.63) is 71.8 Å². The summed E-state index contributed by atoms with van der Waals surface area (Å²) in [6, 6.07) is 15.6. The largest absolute Gasteiger partial charge is 0.458 e. The normalized spacial score (nSPS) is 12.5. The summed E-state index contributed by atoms with van der Waals surface area (Å²) < 4.78 is 10.6. The number of carbonyl (C=O) groups is 4. The number of hydrogen-bond donors (Lipinski definition) is 3. The van der Waals surface area contributed by atoms with Gasteiger partial charge in [-0.2, -0.15) is 0 Å². The Morgan fingerprint density at radius 3 is 2.00 bits per heavy atom. The standard InChI is InChI=1S/C26H31N3O6/c1-26(2,3)35-24(32)22(15-20(30)16-27)28-23(31)21(14-18-10-6-4-7-11-18)29-25(33)34-17-19-12-8-5-9-13-19/h4-13,16,21-22,27H,14-15,17H2,1-3H3,(H,28,31)(H,29,33). The van der Waals surface area contributed by atoms with Crippen LogP contribution in [0.4, 0.5) is 4.79 Å². The van der Waals surface area contributed by atoms with E-state index in [1.165, 1.54) is 0 Å². The molecule has 2 rings (SSSR count). The molecule has 9 heteroatoms.